The second kappa shape index (κ2) is 5.98. The summed E-state index contributed by atoms with van der Waals surface area (Å²) in [7, 11) is 0. The van der Waals surface area contributed by atoms with Gasteiger partial charge in [-0.25, -0.2) is 0 Å². The van der Waals surface area contributed by atoms with Gasteiger partial charge in [0.1, 0.15) is 5.58 Å². The minimum atomic E-state index is -0.411. The molecule has 0 fully saturated rings. The van der Waals surface area contributed by atoms with E-state index in [9.17, 15) is 5.11 Å². The molecule has 2 aromatic heterocycles. The number of hydrogen-bond acceptors (Lipinski definition) is 3. The molecule has 0 aliphatic rings. The second-order valence-electron chi connectivity index (χ2n) is 6.03. The van der Waals surface area contributed by atoms with E-state index in [-0.39, 0.29) is 0 Å². The SMILES string of the molecule is C[C@H](O)Cn1ccc(-c2cccc(-c3ccc4occc4c3)c2)n1. The zero-order chi connectivity index (χ0) is 16.5. The van der Waals surface area contributed by atoms with E-state index in [1.165, 1.54) is 0 Å². The third-order valence-electron chi connectivity index (χ3n) is 4.04. The van der Waals surface area contributed by atoms with E-state index in [0.29, 0.717) is 6.54 Å². The summed E-state index contributed by atoms with van der Waals surface area (Å²) in [6, 6.07) is 18.5. The Morgan fingerprint density at radius 2 is 1.88 bits per heavy atom. The van der Waals surface area contributed by atoms with Gasteiger partial charge in [-0.2, -0.15) is 5.10 Å². The molecular formula is C20H18N2O2. The summed E-state index contributed by atoms with van der Waals surface area (Å²) in [5.41, 5.74) is 5.15. The van der Waals surface area contributed by atoms with Crippen LogP contribution in [0.15, 0.2) is 71.5 Å². The van der Waals surface area contributed by atoms with Crippen LogP contribution in [0, 0.1) is 0 Å². The molecule has 4 rings (SSSR count). The van der Waals surface area contributed by atoms with Gasteiger partial charge >= 0.3 is 0 Å². The normalized spacial score (nSPS) is 12.6. The summed E-state index contributed by atoms with van der Waals surface area (Å²) in [5.74, 6) is 0. The lowest BCUT2D eigenvalue weighted by molar-refractivity contribution is 0.168. The average molecular weight is 318 g/mol. The highest BCUT2D eigenvalue weighted by Gasteiger charge is 2.07. The Bertz CT molecular complexity index is 982. The van der Waals surface area contributed by atoms with Crippen molar-refractivity contribution < 1.29 is 9.52 Å². The van der Waals surface area contributed by atoms with Gasteiger partial charge in [0.15, 0.2) is 0 Å². The third-order valence-corrected chi connectivity index (χ3v) is 4.04. The minimum Gasteiger partial charge on any atom is -0.464 e. The molecule has 2 aromatic carbocycles. The Morgan fingerprint density at radius 1 is 1.04 bits per heavy atom. The van der Waals surface area contributed by atoms with Crippen molar-refractivity contribution in [2.45, 2.75) is 19.6 Å². The van der Waals surface area contributed by atoms with Crippen LogP contribution >= 0.6 is 0 Å². The molecule has 4 heteroatoms. The van der Waals surface area contributed by atoms with E-state index in [4.69, 9.17) is 4.42 Å². The van der Waals surface area contributed by atoms with Gasteiger partial charge in [-0.05, 0) is 48.4 Å². The average Bonchev–Trinajstić information content (AvgIpc) is 3.22. The molecule has 0 bridgehead atoms. The molecule has 1 atom stereocenters. The highest BCUT2D eigenvalue weighted by atomic mass is 16.3. The summed E-state index contributed by atoms with van der Waals surface area (Å²) in [6.45, 7) is 2.25. The van der Waals surface area contributed by atoms with Crippen LogP contribution in [-0.2, 0) is 6.54 Å². The molecule has 24 heavy (non-hydrogen) atoms. The fourth-order valence-corrected chi connectivity index (χ4v) is 2.89. The lowest BCUT2D eigenvalue weighted by Crippen LogP contribution is -2.11. The van der Waals surface area contributed by atoms with Crippen molar-refractivity contribution in [1.29, 1.82) is 0 Å². The molecule has 0 saturated carbocycles. The van der Waals surface area contributed by atoms with E-state index in [1.807, 2.05) is 30.5 Å². The molecular weight excluding hydrogens is 300 g/mol. The van der Waals surface area contributed by atoms with Gasteiger partial charge in [-0.15, -0.1) is 0 Å². The topological polar surface area (TPSA) is 51.2 Å². The van der Waals surface area contributed by atoms with Crippen LogP contribution in [0.2, 0.25) is 0 Å². The number of rotatable bonds is 4. The Kier molecular flexibility index (Phi) is 3.67. The van der Waals surface area contributed by atoms with Crippen molar-refractivity contribution in [2.75, 3.05) is 0 Å². The molecule has 0 spiro atoms. The van der Waals surface area contributed by atoms with Crippen LogP contribution in [0.4, 0.5) is 0 Å². The van der Waals surface area contributed by atoms with Gasteiger partial charge in [0, 0.05) is 17.1 Å². The van der Waals surface area contributed by atoms with Crippen LogP contribution < -0.4 is 0 Å². The van der Waals surface area contributed by atoms with Gasteiger partial charge in [-0.1, -0.05) is 24.3 Å². The second-order valence-corrected chi connectivity index (χ2v) is 6.03. The molecule has 1 N–H and O–H groups in total. The van der Waals surface area contributed by atoms with Gasteiger partial charge < -0.3 is 9.52 Å². The highest BCUT2D eigenvalue weighted by molar-refractivity contribution is 5.84. The smallest absolute Gasteiger partial charge is 0.133 e. The molecule has 0 aliphatic carbocycles. The fourth-order valence-electron chi connectivity index (χ4n) is 2.89. The first-order chi connectivity index (χ1) is 11.7. The predicted molar refractivity (Wildman–Crippen MR) is 94.6 cm³/mol. The number of aromatic nitrogens is 2. The maximum Gasteiger partial charge on any atom is 0.133 e. The van der Waals surface area contributed by atoms with Crippen LogP contribution in [0.1, 0.15) is 6.92 Å². The van der Waals surface area contributed by atoms with Crippen molar-refractivity contribution in [1.82, 2.24) is 9.78 Å². The van der Waals surface area contributed by atoms with Crippen molar-refractivity contribution in [3.05, 3.63) is 67.1 Å². The van der Waals surface area contributed by atoms with Gasteiger partial charge in [-0.3, -0.25) is 4.68 Å². The van der Waals surface area contributed by atoms with Crippen LogP contribution in [0.5, 0.6) is 0 Å². The molecule has 0 radical (unpaired) electrons. The number of nitrogens with zero attached hydrogens (tertiary/aromatic N) is 2. The standard InChI is InChI=1S/C20H18N2O2/c1-14(23)13-22-9-7-19(21-22)17-4-2-3-15(11-17)16-5-6-20-18(12-16)8-10-24-20/h2-12,14,23H,13H2,1H3/t14-/m0/s1. The Labute approximate surface area is 140 Å². The van der Waals surface area contributed by atoms with E-state index in [1.54, 1.807) is 17.9 Å². The molecule has 0 unspecified atom stereocenters. The highest BCUT2D eigenvalue weighted by Crippen LogP contribution is 2.28. The maximum atomic E-state index is 9.48. The first-order valence-electron chi connectivity index (χ1n) is 7.99. The quantitative estimate of drug-likeness (QED) is 0.609. The summed E-state index contributed by atoms with van der Waals surface area (Å²) in [6.07, 6.45) is 3.19. The predicted octanol–water partition coefficient (Wildman–Crippen LogP) is 4.34. The van der Waals surface area contributed by atoms with Crippen molar-refractivity contribution >= 4 is 11.0 Å². The summed E-state index contributed by atoms with van der Waals surface area (Å²) in [5, 5.41) is 15.1. The number of hydrogen-bond donors (Lipinski definition) is 1. The third kappa shape index (κ3) is 2.84. The molecule has 0 saturated heterocycles. The maximum absolute atomic E-state index is 9.48. The Balaban J connectivity index is 1.69. The summed E-state index contributed by atoms with van der Waals surface area (Å²) >= 11 is 0. The van der Waals surface area contributed by atoms with Crippen LogP contribution in [-0.4, -0.2) is 21.0 Å². The monoisotopic (exact) mass is 318 g/mol. The first-order valence-corrected chi connectivity index (χ1v) is 7.99. The minimum absolute atomic E-state index is 0.411. The molecule has 2 heterocycles. The van der Waals surface area contributed by atoms with Gasteiger partial charge in [0.25, 0.3) is 0 Å². The molecule has 0 aliphatic heterocycles. The number of furan rings is 1. The number of aliphatic hydroxyl groups is 1. The molecule has 0 amide bonds. The number of aliphatic hydroxyl groups excluding tert-OH is 1. The van der Waals surface area contributed by atoms with Crippen molar-refractivity contribution in [3.8, 4) is 22.4 Å². The van der Waals surface area contributed by atoms with E-state index in [2.05, 4.69) is 35.4 Å². The lowest BCUT2D eigenvalue weighted by Gasteiger charge is -2.05. The van der Waals surface area contributed by atoms with Crippen molar-refractivity contribution in [2.24, 2.45) is 0 Å². The zero-order valence-electron chi connectivity index (χ0n) is 13.4. The van der Waals surface area contributed by atoms with Gasteiger partial charge in [0.05, 0.1) is 24.6 Å². The first kappa shape index (κ1) is 14.7. The van der Waals surface area contributed by atoms with Crippen LogP contribution in [0.3, 0.4) is 0 Å². The van der Waals surface area contributed by atoms with E-state index >= 15 is 0 Å². The number of fused-ring (bicyclic) bond motifs is 1. The van der Waals surface area contributed by atoms with Crippen molar-refractivity contribution in [3.63, 3.8) is 0 Å². The van der Waals surface area contributed by atoms with E-state index < -0.39 is 6.10 Å². The summed E-state index contributed by atoms with van der Waals surface area (Å²) in [4.78, 5) is 0. The van der Waals surface area contributed by atoms with Gasteiger partial charge in [0.2, 0.25) is 0 Å². The number of benzene rings is 2. The Morgan fingerprint density at radius 3 is 2.75 bits per heavy atom. The lowest BCUT2D eigenvalue weighted by atomic mass is 10.0. The fraction of sp³-hybridized carbons (Fsp3) is 0.150. The van der Waals surface area contributed by atoms with E-state index in [0.717, 1.165) is 33.4 Å². The van der Waals surface area contributed by atoms with Crippen LogP contribution in [0.25, 0.3) is 33.4 Å². The molecule has 4 nitrogen and oxygen atoms in total. The summed E-state index contributed by atoms with van der Waals surface area (Å²) < 4.78 is 7.17. The zero-order valence-corrected chi connectivity index (χ0v) is 13.4. The molecule has 4 aromatic rings. The molecule has 120 valence electrons. The Hall–Kier alpha value is -2.85. The largest absolute Gasteiger partial charge is 0.464 e.